The molecule has 1 saturated heterocycles. The molecule has 1 fully saturated rings. The molecule has 2 amide bonds. The molecular weight excluding hydrogens is 306 g/mol. The van der Waals surface area contributed by atoms with Gasteiger partial charge in [0.2, 0.25) is 5.91 Å². The second-order valence-corrected chi connectivity index (χ2v) is 5.78. The summed E-state index contributed by atoms with van der Waals surface area (Å²) in [6.07, 6.45) is -0.276. The summed E-state index contributed by atoms with van der Waals surface area (Å²) >= 11 is 0. The molecule has 1 N–H and O–H groups in total. The SMILES string of the molecule is O=C1OCC(c2ccccc2)N1C(=O)C(CO)Cc1ccccc1. The molecule has 0 bridgehead atoms. The topological polar surface area (TPSA) is 66.8 Å². The van der Waals surface area contributed by atoms with Crippen molar-refractivity contribution >= 4 is 12.0 Å². The van der Waals surface area contributed by atoms with Gasteiger partial charge in [-0.2, -0.15) is 0 Å². The number of aliphatic hydroxyl groups is 1. The fraction of sp³-hybridized carbons (Fsp3) is 0.263. The number of aliphatic hydroxyl groups excluding tert-OH is 1. The molecule has 0 saturated carbocycles. The molecule has 0 aliphatic carbocycles. The highest BCUT2D eigenvalue weighted by Gasteiger charge is 2.41. The Bertz CT molecular complexity index is 702. The van der Waals surface area contributed by atoms with Gasteiger partial charge in [0.05, 0.1) is 12.5 Å². The van der Waals surface area contributed by atoms with E-state index in [1.807, 2.05) is 60.7 Å². The van der Waals surface area contributed by atoms with Gasteiger partial charge in [0, 0.05) is 0 Å². The van der Waals surface area contributed by atoms with Crippen molar-refractivity contribution < 1.29 is 19.4 Å². The first kappa shape index (κ1) is 16.2. The molecule has 124 valence electrons. The Morgan fingerprint density at radius 2 is 1.75 bits per heavy atom. The van der Waals surface area contributed by atoms with Gasteiger partial charge >= 0.3 is 6.09 Å². The third-order valence-electron chi connectivity index (χ3n) is 4.19. The molecule has 0 spiro atoms. The number of ether oxygens (including phenoxy) is 1. The normalized spacial score (nSPS) is 18.3. The molecule has 24 heavy (non-hydrogen) atoms. The molecule has 2 aromatic carbocycles. The molecule has 2 atom stereocenters. The number of hydrogen-bond donors (Lipinski definition) is 1. The number of imide groups is 1. The lowest BCUT2D eigenvalue weighted by Crippen LogP contribution is -2.40. The van der Waals surface area contributed by atoms with E-state index in [-0.39, 0.29) is 13.2 Å². The highest BCUT2D eigenvalue weighted by atomic mass is 16.6. The van der Waals surface area contributed by atoms with E-state index in [4.69, 9.17) is 4.74 Å². The van der Waals surface area contributed by atoms with Gasteiger partial charge < -0.3 is 9.84 Å². The predicted molar refractivity (Wildman–Crippen MR) is 88.1 cm³/mol. The van der Waals surface area contributed by atoms with Crippen LogP contribution in [-0.4, -0.2) is 35.2 Å². The van der Waals surface area contributed by atoms with Crippen molar-refractivity contribution in [2.75, 3.05) is 13.2 Å². The smallest absolute Gasteiger partial charge is 0.417 e. The van der Waals surface area contributed by atoms with Crippen molar-refractivity contribution in [3.05, 3.63) is 71.8 Å². The molecule has 1 aliphatic rings. The van der Waals surface area contributed by atoms with Gasteiger partial charge in [0.1, 0.15) is 12.6 Å². The second-order valence-electron chi connectivity index (χ2n) is 5.78. The summed E-state index contributed by atoms with van der Waals surface area (Å²) in [5, 5.41) is 9.66. The lowest BCUT2D eigenvalue weighted by atomic mass is 9.97. The summed E-state index contributed by atoms with van der Waals surface area (Å²) in [6, 6.07) is 18.3. The molecule has 2 unspecified atom stereocenters. The Morgan fingerprint density at radius 3 is 2.38 bits per heavy atom. The number of nitrogens with zero attached hydrogens (tertiary/aromatic N) is 1. The third-order valence-corrected chi connectivity index (χ3v) is 4.19. The Morgan fingerprint density at radius 1 is 1.12 bits per heavy atom. The maximum atomic E-state index is 12.8. The quantitative estimate of drug-likeness (QED) is 0.917. The first-order valence-electron chi connectivity index (χ1n) is 7.90. The Labute approximate surface area is 140 Å². The number of carbonyl (C=O) groups is 2. The van der Waals surface area contributed by atoms with E-state index in [0.717, 1.165) is 16.0 Å². The fourth-order valence-electron chi connectivity index (χ4n) is 2.91. The number of rotatable bonds is 5. The molecule has 0 aromatic heterocycles. The zero-order valence-electron chi connectivity index (χ0n) is 13.2. The molecule has 5 nitrogen and oxygen atoms in total. The van der Waals surface area contributed by atoms with Crippen LogP contribution in [0.1, 0.15) is 17.2 Å². The van der Waals surface area contributed by atoms with Crippen LogP contribution in [0.25, 0.3) is 0 Å². The van der Waals surface area contributed by atoms with Crippen molar-refractivity contribution in [3.8, 4) is 0 Å². The molecule has 5 heteroatoms. The maximum Gasteiger partial charge on any atom is 0.417 e. The molecule has 1 aliphatic heterocycles. The third kappa shape index (κ3) is 3.31. The number of carbonyl (C=O) groups excluding carboxylic acids is 2. The van der Waals surface area contributed by atoms with Crippen LogP contribution in [0, 0.1) is 5.92 Å². The minimum atomic E-state index is -0.677. The van der Waals surface area contributed by atoms with Crippen molar-refractivity contribution in [1.82, 2.24) is 4.90 Å². The lowest BCUT2D eigenvalue weighted by Gasteiger charge is -2.24. The van der Waals surface area contributed by atoms with Crippen molar-refractivity contribution in [2.24, 2.45) is 5.92 Å². The fourth-order valence-corrected chi connectivity index (χ4v) is 2.91. The van der Waals surface area contributed by atoms with Crippen molar-refractivity contribution in [1.29, 1.82) is 0 Å². The summed E-state index contributed by atoms with van der Waals surface area (Å²) in [6.45, 7) is -0.183. The first-order chi connectivity index (χ1) is 11.7. The number of benzene rings is 2. The van der Waals surface area contributed by atoms with Crippen LogP contribution in [0.3, 0.4) is 0 Å². The summed E-state index contributed by atoms with van der Waals surface area (Å²) in [7, 11) is 0. The second kappa shape index (κ2) is 7.27. The van der Waals surface area contributed by atoms with E-state index in [0.29, 0.717) is 6.42 Å². The van der Waals surface area contributed by atoms with Gasteiger partial charge in [-0.3, -0.25) is 4.79 Å². The Hall–Kier alpha value is -2.66. The average Bonchev–Trinajstić information content (AvgIpc) is 3.02. The first-order valence-corrected chi connectivity index (χ1v) is 7.90. The van der Waals surface area contributed by atoms with Crippen LogP contribution >= 0.6 is 0 Å². The van der Waals surface area contributed by atoms with Crippen LogP contribution in [0.2, 0.25) is 0 Å². The van der Waals surface area contributed by atoms with Crippen molar-refractivity contribution in [3.63, 3.8) is 0 Å². The largest absolute Gasteiger partial charge is 0.446 e. The number of amides is 2. The van der Waals surface area contributed by atoms with E-state index in [2.05, 4.69) is 0 Å². The highest BCUT2D eigenvalue weighted by molar-refractivity contribution is 5.95. The van der Waals surface area contributed by atoms with E-state index in [1.165, 1.54) is 0 Å². The van der Waals surface area contributed by atoms with Crippen LogP contribution < -0.4 is 0 Å². The zero-order valence-corrected chi connectivity index (χ0v) is 13.2. The number of hydrogen-bond acceptors (Lipinski definition) is 4. The monoisotopic (exact) mass is 325 g/mol. The van der Waals surface area contributed by atoms with Crippen LogP contribution in [-0.2, 0) is 16.0 Å². The highest BCUT2D eigenvalue weighted by Crippen LogP contribution is 2.29. The van der Waals surface area contributed by atoms with Gasteiger partial charge in [0.25, 0.3) is 0 Å². The van der Waals surface area contributed by atoms with Gasteiger partial charge in [-0.05, 0) is 17.5 Å². The zero-order chi connectivity index (χ0) is 16.9. The van der Waals surface area contributed by atoms with Crippen LogP contribution in [0.4, 0.5) is 4.79 Å². The maximum absolute atomic E-state index is 12.8. The minimum Gasteiger partial charge on any atom is -0.446 e. The van der Waals surface area contributed by atoms with E-state index >= 15 is 0 Å². The van der Waals surface area contributed by atoms with E-state index in [9.17, 15) is 14.7 Å². The molecule has 2 aromatic rings. The average molecular weight is 325 g/mol. The number of cyclic esters (lactones) is 1. The molecule has 0 radical (unpaired) electrons. The van der Waals surface area contributed by atoms with E-state index < -0.39 is 24.0 Å². The van der Waals surface area contributed by atoms with Gasteiger partial charge in [-0.15, -0.1) is 0 Å². The summed E-state index contributed by atoms with van der Waals surface area (Å²) in [5.41, 5.74) is 1.78. The van der Waals surface area contributed by atoms with E-state index in [1.54, 1.807) is 0 Å². The van der Waals surface area contributed by atoms with Crippen LogP contribution in [0.15, 0.2) is 60.7 Å². The predicted octanol–water partition coefficient (Wildman–Crippen LogP) is 2.56. The summed E-state index contributed by atoms with van der Waals surface area (Å²) < 4.78 is 5.08. The van der Waals surface area contributed by atoms with Crippen LogP contribution in [0.5, 0.6) is 0 Å². The van der Waals surface area contributed by atoms with Gasteiger partial charge in [0.15, 0.2) is 0 Å². The summed E-state index contributed by atoms with van der Waals surface area (Å²) in [5.74, 6) is -1.08. The molecule has 1 heterocycles. The lowest BCUT2D eigenvalue weighted by molar-refractivity contribution is -0.134. The standard InChI is InChI=1S/C19H19NO4/c21-12-16(11-14-7-3-1-4-8-14)18(22)20-17(13-24-19(20)23)15-9-5-2-6-10-15/h1-10,16-17,21H,11-13H2. The summed E-state index contributed by atoms with van der Waals surface area (Å²) in [4.78, 5) is 26.1. The Kier molecular flexibility index (Phi) is 4.91. The Balaban J connectivity index is 1.81. The van der Waals surface area contributed by atoms with Gasteiger partial charge in [-0.25, -0.2) is 9.69 Å². The molecule has 3 rings (SSSR count). The minimum absolute atomic E-state index is 0.137. The van der Waals surface area contributed by atoms with Crippen molar-refractivity contribution in [2.45, 2.75) is 12.5 Å². The van der Waals surface area contributed by atoms with Gasteiger partial charge in [-0.1, -0.05) is 60.7 Å². The molecular formula is C19H19NO4.